The van der Waals surface area contributed by atoms with Crippen molar-refractivity contribution in [2.24, 2.45) is 0 Å². The van der Waals surface area contributed by atoms with Crippen LogP contribution in [0.2, 0.25) is 0 Å². The molecule has 3 N–H and O–H groups in total. The molecule has 0 aliphatic rings. The van der Waals surface area contributed by atoms with Crippen LogP contribution in [0, 0.1) is 0 Å². The molecule has 0 saturated heterocycles. The van der Waals surface area contributed by atoms with Crippen molar-refractivity contribution in [1.29, 1.82) is 0 Å². The van der Waals surface area contributed by atoms with Gasteiger partial charge in [0.25, 0.3) is 5.91 Å². The number of ether oxygens (including phenoxy) is 3. The number of aliphatic hydroxyl groups is 1. The molecule has 0 fully saturated rings. The van der Waals surface area contributed by atoms with Gasteiger partial charge in [-0.3, -0.25) is 4.79 Å². The lowest BCUT2D eigenvalue weighted by Crippen LogP contribution is -2.58. The average molecular weight is 459 g/mol. The van der Waals surface area contributed by atoms with Crippen molar-refractivity contribution in [3.05, 3.63) is 48.5 Å². The van der Waals surface area contributed by atoms with E-state index in [9.17, 15) is 14.7 Å². The monoisotopic (exact) mass is 458 g/mol. The summed E-state index contributed by atoms with van der Waals surface area (Å²) in [6.45, 7) is 8.75. The summed E-state index contributed by atoms with van der Waals surface area (Å²) in [7, 11) is 0. The van der Waals surface area contributed by atoms with E-state index in [0.29, 0.717) is 23.8 Å². The van der Waals surface area contributed by atoms with Crippen LogP contribution < -0.4 is 20.1 Å². The molecule has 2 aromatic rings. The van der Waals surface area contributed by atoms with Crippen molar-refractivity contribution in [2.75, 3.05) is 18.5 Å². The number of rotatable bonds is 10. The molecule has 0 radical (unpaired) electrons. The molecule has 2 amide bonds. The Bertz CT molecular complexity index is 906. The van der Waals surface area contributed by atoms with E-state index in [0.717, 1.165) is 18.6 Å². The summed E-state index contributed by atoms with van der Waals surface area (Å²) in [6.07, 6.45) is 1.30. The Morgan fingerprint density at radius 2 is 1.45 bits per heavy atom. The van der Waals surface area contributed by atoms with Crippen molar-refractivity contribution in [3.63, 3.8) is 0 Å². The van der Waals surface area contributed by atoms with Crippen LogP contribution >= 0.6 is 0 Å². The zero-order valence-electron chi connectivity index (χ0n) is 19.9. The van der Waals surface area contributed by atoms with Gasteiger partial charge in [0.15, 0.2) is 0 Å². The fourth-order valence-corrected chi connectivity index (χ4v) is 2.65. The second kappa shape index (κ2) is 11.6. The van der Waals surface area contributed by atoms with E-state index in [1.165, 1.54) is 6.92 Å². The maximum atomic E-state index is 12.7. The zero-order valence-corrected chi connectivity index (χ0v) is 19.9. The van der Waals surface area contributed by atoms with Gasteiger partial charge < -0.3 is 30.0 Å². The third kappa shape index (κ3) is 8.65. The molecule has 1 atom stereocenters. The first-order chi connectivity index (χ1) is 15.5. The molecule has 33 heavy (non-hydrogen) atoms. The number of alkyl carbamates (subject to hydrolysis) is 1. The van der Waals surface area contributed by atoms with E-state index in [1.807, 2.05) is 24.3 Å². The van der Waals surface area contributed by atoms with Crippen LogP contribution in [0.15, 0.2) is 48.5 Å². The maximum Gasteiger partial charge on any atom is 0.408 e. The minimum absolute atomic E-state index is 0.484. The molecule has 0 unspecified atom stereocenters. The van der Waals surface area contributed by atoms with E-state index in [1.54, 1.807) is 45.0 Å². The standard InChI is InChI=1S/C25H34N2O6/c1-6-7-16-31-19-12-14-21(15-13-19)32-20-10-8-18(9-11-20)26-22(29)25(5,17-28)27-23(30)33-24(2,3)4/h8-15,28H,6-7,16-17H2,1-5H3,(H,26,29)(H,27,30)/t25-/m0/s1. The van der Waals surface area contributed by atoms with Crippen molar-refractivity contribution in [3.8, 4) is 17.2 Å². The van der Waals surface area contributed by atoms with E-state index < -0.39 is 29.7 Å². The van der Waals surface area contributed by atoms with Crippen molar-refractivity contribution < 1.29 is 28.9 Å². The van der Waals surface area contributed by atoms with Crippen LogP contribution in [0.3, 0.4) is 0 Å². The van der Waals surface area contributed by atoms with Crippen LogP contribution in [0.5, 0.6) is 17.2 Å². The Morgan fingerprint density at radius 3 is 1.97 bits per heavy atom. The first kappa shape index (κ1) is 26.0. The predicted molar refractivity (Wildman–Crippen MR) is 127 cm³/mol. The number of hydrogen-bond donors (Lipinski definition) is 3. The molecule has 0 aliphatic carbocycles. The SMILES string of the molecule is CCCCOc1ccc(Oc2ccc(NC(=O)[C@](C)(CO)NC(=O)OC(C)(C)C)cc2)cc1. The topological polar surface area (TPSA) is 106 Å². The van der Waals surface area contributed by atoms with Gasteiger partial charge in [-0.1, -0.05) is 13.3 Å². The predicted octanol–water partition coefficient (Wildman–Crippen LogP) is 4.87. The van der Waals surface area contributed by atoms with Gasteiger partial charge in [-0.2, -0.15) is 0 Å². The number of unbranched alkanes of at least 4 members (excludes halogenated alkanes) is 1. The number of aliphatic hydroxyl groups excluding tert-OH is 1. The highest BCUT2D eigenvalue weighted by molar-refractivity contribution is 5.99. The smallest absolute Gasteiger partial charge is 0.408 e. The first-order valence-electron chi connectivity index (χ1n) is 11.0. The molecule has 180 valence electrons. The zero-order chi connectivity index (χ0) is 24.5. The van der Waals surface area contributed by atoms with Gasteiger partial charge in [0.2, 0.25) is 0 Å². The Morgan fingerprint density at radius 1 is 0.909 bits per heavy atom. The summed E-state index contributed by atoms with van der Waals surface area (Å²) in [5.41, 5.74) is -1.80. The molecule has 0 saturated carbocycles. The largest absolute Gasteiger partial charge is 0.494 e. The molecule has 8 heteroatoms. The minimum Gasteiger partial charge on any atom is -0.494 e. The summed E-state index contributed by atoms with van der Waals surface area (Å²) in [5, 5.41) is 14.8. The average Bonchev–Trinajstić information content (AvgIpc) is 2.75. The lowest BCUT2D eigenvalue weighted by atomic mass is 10.0. The Hall–Kier alpha value is -3.26. The van der Waals surface area contributed by atoms with Gasteiger partial charge in [0.05, 0.1) is 13.2 Å². The molecule has 2 aromatic carbocycles. The van der Waals surface area contributed by atoms with Gasteiger partial charge in [-0.15, -0.1) is 0 Å². The summed E-state index contributed by atoms with van der Waals surface area (Å²) in [4.78, 5) is 24.7. The lowest BCUT2D eigenvalue weighted by Gasteiger charge is -2.29. The third-order valence-corrected chi connectivity index (χ3v) is 4.53. The van der Waals surface area contributed by atoms with E-state index in [4.69, 9.17) is 14.2 Å². The Balaban J connectivity index is 1.94. The second-order valence-electron chi connectivity index (χ2n) is 8.87. The second-order valence-corrected chi connectivity index (χ2v) is 8.87. The van der Waals surface area contributed by atoms with Gasteiger partial charge in [-0.25, -0.2) is 4.79 Å². The van der Waals surface area contributed by atoms with Crippen molar-refractivity contribution in [1.82, 2.24) is 5.32 Å². The van der Waals surface area contributed by atoms with Gasteiger partial charge in [0, 0.05) is 5.69 Å². The number of anilines is 1. The summed E-state index contributed by atoms with van der Waals surface area (Å²) in [5.74, 6) is 1.46. The molecule has 8 nitrogen and oxygen atoms in total. The van der Waals surface area contributed by atoms with E-state index >= 15 is 0 Å². The Kier molecular flexibility index (Phi) is 9.11. The molecule has 2 rings (SSSR count). The number of carbonyl (C=O) groups excluding carboxylic acids is 2. The van der Waals surface area contributed by atoms with Gasteiger partial charge >= 0.3 is 6.09 Å². The van der Waals surface area contributed by atoms with E-state index in [2.05, 4.69) is 17.6 Å². The van der Waals surface area contributed by atoms with Crippen LogP contribution in [-0.4, -0.2) is 41.5 Å². The van der Waals surface area contributed by atoms with Crippen LogP contribution in [0.1, 0.15) is 47.5 Å². The number of nitrogens with one attached hydrogen (secondary N) is 2. The number of benzene rings is 2. The first-order valence-corrected chi connectivity index (χ1v) is 11.0. The summed E-state index contributed by atoms with van der Waals surface area (Å²) >= 11 is 0. The highest BCUT2D eigenvalue weighted by atomic mass is 16.6. The maximum absolute atomic E-state index is 12.7. The highest BCUT2D eigenvalue weighted by Crippen LogP contribution is 2.25. The molecule has 0 heterocycles. The van der Waals surface area contributed by atoms with Gasteiger partial charge in [-0.05, 0) is 82.6 Å². The molecular weight excluding hydrogens is 424 g/mol. The van der Waals surface area contributed by atoms with Crippen LogP contribution in [0.4, 0.5) is 10.5 Å². The van der Waals surface area contributed by atoms with Gasteiger partial charge in [0.1, 0.15) is 28.4 Å². The molecule has 0 spiro atoms. The van der Waals surface area contributed by atoms with E-state index in [-0.39, 0.29) is 0 Å². The number of amides is 2. The van der Waals surface area contributed by atoms with Crippen molar-refractivity contribution in [2.45, 2.75) is 58.6 Å². The third-order valence-electron chi connectivity index (χ3n) is 4.53. The highest BCUT2D eigenvalue weighted by Gasteiger charge is 2.36. The van der Waals surface area contributed by atoms with Crippen molar-refractivity contribution >= 4 is 17.7 Å². The molecule has 0 aliphatic heterocycles. The lowest BCUT2D eigenvalue weighted by molar-refractivity contribution is -0.123. The minimum atomic E-state index is -1.56. The molecule has 0 aromatic heterocycles. The summed E-state index contributed by atoms with van der Waals surface area (Å²) in [6, 6.07) is 14.1. The Labute approximate surface area is 195 Å². The van der Waals surface area contributed by atoms with Crippen LogP contribution in [-0.2, 0) is 9.53 Å². The fourth-order valence-electron chi connectivity index (χ4n) is 2.65. The molecule has 0 bridgehead atoms. The fraction of sp³-hybridized carbons (Fsp3) is 0.440. The normalized spacial score (nSPS) is 12.9. The number of hydrogen-bond acceptors (Lipinski definition) is 6. The number of carbonyl (C=O) groups is 2. The summed E-state index contributed by atoms with van der Waals surface area (Å²) < 4.78 is 16.6. The molecular formula is C25H34N2O6. The quantitative estimate of drug-likeness (QED) is 0.439. The van der Waals surface area contributed by atoms with Crippen LogP contribution in [0.25, 0.3) is 0 Å².